The lowest BCUT2D eigenvalue weighted by Gasteiger charge is -2.37. The number of nitrogens with two attached hydrogens (primary N) is 1. The van der Waals surface area contributed by atoms with Gasteiger partial charge in [-0.15, -0.1) is 0 Å². The van der Waals surface area contributed by atoms with Crippen LogP contribution in [0.4, 0.5) is 13.6 Å². The van der Waals surface area contributed by atoms with Crippen LogP contribution in [0.1, 0.15) is 20.8 Å². The third-order valence-electron chi connectivity index (χ3n) is 2.82. The highest BCUT2D eigenvalue weighted by molar-refractivity contribution is 5.68. The number of hydrogen-bond donors (Lipinski definition) is 1. The van der Waals surface area contributed by atoms with Crippen molar-refractivity contribution in [2.45, 2.75) is 38.9 Å². The summed E-state index contributed by atoms with van der Waals surface area (Å²) in [6.45, 7) is 5.73. The van der Waals surface area contributed by atoms with Crippen molar-refractivity contribution in [3.63, 3.8) is 0 Å². The lowest BCUT2D eigenvalue weighted by molar-refractivity contribution is -0.0926. The molecular weight excluding hydrogens is 258 g/mol. The van der Waals surface area contributed by atoms with Crippen LogP contribution in [0.3, 0.4) is 0 Å². The molecule has 2 N–H and O–H groups in total. The fourth-order valence-electron chi connectivity index (χ4n) is 1.84. The number of rotatable bonds is 3. The van der Waals surface area contributed by atoms with E-state index in [9.17, 15) is 13.6 Å². The number of alkyl halides is 2. The van der Waals surface area contributed by atoms with E-state index in [2.05, 4.69) is 0 Å². The van der Waals surface area contributed by atoms with Crippen LogP contribution in [0, 0.1) is 5.92 Å². The molecule has 112 valence electrons. The minimum atomic E-state index is -2.56. The molecule has 1 heterocycles. The zero-order valence-electron chi connectivity index (χ0n) is 11.6. The predicted octanol–water partition coefficient (Wildman–Crippen LogP) is 1.46. The van der Waals surface area contributed by atoms with Crippen molar-refractivity contribution in [3.8, 4) is 0 Å². The molecule has 1 rings (SSSR count). The molecule has 0 saturated carbocycles. The number of hydrogen-bond acceptors (Lipinski definition) is 4. The minimum Gasteiger partial charge on any atom is -0.444 e. The van der Waals surface area contributed by atoms with Gasteiger partial charge in [0.25, 0.3) is 0 Å². The molecule has 1 aliphatic heterocycles. The summed E-state index contributed by atoms with van der Waals surface area (Å²) in [5.41, 5.74) is 4.72. The third kappa shape index (κ3) is 4.91. The Morgan fingerprint density at radius 3 is 2.63 bits per heavy atom. The van der Waals surface area contributed by atoms with Crippen LogP contribution in [0.2, 0.25) is 0 Å². The van der Waals surface area contributed by atoms with E-state index >= 15 is 0 Å². The summed E-state index contributed by atoms with van der Waals surface area (Å²) in [4.78, 5) is 13.3. The number of carbonyl (C=O) groups excluding carboxylic acids is 1. The fraction of sp³-hybridized carbons (Fsp3) is 0.917. The van der Waals surface area contributed by atoms with Crippen LogP contribution in [0.25, 0.3) is 0 Å². The molecular formula is C12H22F2N2O3. The third-order valence-corrected chi connectivity index (χ3v) is 2.82. The second-order valence-corrected chi connectivity index (χ2v) is 5.57. The van der Waals surface area contributed by atoms with E-state index in [0.29, 0.717) is 6.54 Å². The van der Waals surface area contributed by atoms with E-state index in [1.165, 1.54) is 4.90 Å². The van der Waals surface area contributed by atoms with Gasteiger partial charge in [-0.3, -0.25) is 0 Å². The average Bonchev–Trinajstić information content (AvgIpc) is 2.27. The summed E-state index contributed by atoms with van der Waals surface area (Å²) >= 11 is 0. The summed E-state index contributed by atoms with van der Waals surface area (Å²) in [6.07, 6.45) is -3.81. The minimum absolute atomic E-state index is 0.0844. The first-order valence-corrected chi connectivity index (χ1v) is 6.32. The number of nitrogens with zero attached hydrogens (tertiary/aromatic N) is 1. The highest BCUT2D eigenvalue weighted by atomic mass is 19.3. The molecule has 1 amide bonds. The number of carbonyl (C=O) groups is 1. The first-order chi connectivity index (χ1) is 8.74. The second kappa shape index (κ2) is 6.47. The Bertz CT molecular complexity index is 308. The van der Waals surface area contributed by atoms with Gasteiger partial charge < -0.3 is 20.1 Å². The summed E-state index contributed by atoms with van der Waals surface area (Å²) in [5, 5.41) is 0. The summed E-state index contributed by atoms with van der Waals surface area (Å²) in [6, 6.07) is 0. The lowest BCUT2D eigenvalue weighted by atomic mass is 10.0. The zero-order chi connectivity index (χ0) is 14.6. The Morgan fingerprint density at radius 1 is 1.53 bits per heavy atom. The molecule has 2 unspecified atom stereocenters. The van der Waals surface area contributed by atoms with Crippen molar-refractivity contribution in [1.29, 1.82) is 0 Å². The molecule has 0 aromatic carbocycles. The van der Waals surface area contributed by atoms with Gasteiger partial charge in [-0.2, -0.15) is 0 Å². The van der Waals surface area contributed by atoms with Gasteiger partial charge in [-0.25, -0.2) is 13.6 Å². The van der Waals surface area contributed by atoms with E-state index in [4.69, 9.17) is 15.2 Å². The van der Waals surface area contributed by atoms with Crippen molar-refractivity contribution in [2.24, 2.45) is 11.7 Å². The van der Waals surface area contributed by atoms with E-state index in [1.807, 2.05) is 0 Å². The lowest BCUT2D eigenvalue weighted by Crippen LogP contribution is -2.52. The maximum Gasteiger partial charge on any atom is 0.410 e. The van der Waals surface area contributed by atoms with Crippen molar-refractivity contribution in [2.75, 3.05) is 26.2 Å². The van der Waals surface area contributed by atoms with Crippen molar-refractivity contribution >= 4 is 6.09 Å². The van der Waals surface area contributed by atoms with Crippen LogP contribution >= 0.6 is 0 Å². The first kappa shape index (κ1) is 16.1. The van der Waals surface area contributed by atoms with Crippen LogP contribution < -0.4 is 5.73 Å². The van der Waals surface area contributed by atoms with Crippen LogP contribution in [-0.2, 0) is 9.47 Å². The van der Waals surface area contributed by atoms with Gasteiger partial charge in [0.15, 0.2) is 0 Å². The highest BCUT2D eigenvalue weighted by Gasteiger charge is 2.35. The molecule has 0 spiro atoms. The van der Waals surface area contributed by atoms with Gasteiger partial charge >= 0.3 is 6.09 Å². The Morgan fingerprint density at radius 2 is 2.16 bits per heavy atom. The SMILES string of the molecule is CC(C)(C)OC(=O)N1CCOC(C(CN)C(F)F)C1. The standard InChI is InChI=1S/C12H22F2N2O3/c1-12(2,3)19-11(17)16-4-5-18-9(7-16)8(6-15)10(13)14/h8-10H,4-7,15H2,1-3H3. The molecule has 7 heteroatoms. The molecule has 1 fully saturated rings. The van der Waals surface area contributed by atoms with Crippen molar-refractivity contribution < 1.29 is 23.0 Å². The van der Waals surface area contributed by atoms with Crippen LogP contribution in [0.15, 0.2) is 0 Å². The van der Waals surface area contributed by atoms with E-state index in [0.717, 1.165) is 0 Å². The Kier molecular flexibility index (Phi) is 5.49. The van der Waals surface area contributed by atoms with Gasteiger partial charge in [0.2, 0.25) is 6.43 Å². The van der Waals surface area contributed by atoms with Crippen molar-refractivity contribution in [3.05, 3.63) is 0 Å². The quantitative estimate of drug-likeness (QED) is 0.850. The van der Waals surface area contributed by atoms with E-state index in [-0.39, 0.29) is 19.7 Å². The summed E-state index contributed by atoms with van der Waals surface area (Å²) in [7, 11) is 0. The first-order valence-electron chi connectivity index (χ1n) is 6.32. The van der Waals surface area contributed by atoms with Gasteiger partial charge in [-0.05, 0) is 20.8 Å². The van der Waals surface area contributed by atoms with Gasteiger partial charge in [0, 0.05) is 13.1 Å². The van der Waals surface area contributed by atoms with E-state index < -0.39 is 30.1 Å². The van der Waals surface area contributed by atoms with Gasteiger partial charge in [0.05, 0.1) is 25.2 Å². The summed E-state index contributed by atoms with van der Waals surface area (Å²) < 4.78 is 36.1. The molecule has 5 nitrogen and oxygen atoms in total. The largest absolute Gasteiger partial charge is 0.444 e. The normalized spacial score (nSPS) is 22.5. The molecule has 0 aromatic heterocycles. The maximum atomic E-state index is 12.8. The van der Waals surface area contributed by atoms with Gasteiger partial charge in [0.1, 0.15) is 5.60 Å². The summed E-state index contributed by atoms with van der Waals surface area (Å²) in [5.74, 6) is -1.06. The molecule has 0 aromatic rings. The van der Waals surface area contributed by atoms with Crippen molar-refractivity contribution in [1.82, 2.24) is 4.90 Å². The molecule has 0 aliphatic carbocycles. The smallest absolute Gasteiger partial charge is 0.410 e. The molecule has 1 aliphatic rings. The molecule has 0 bridgehead atoms. The van der Waals surface area contributed by atoms with Crippen LogP contribution in [0.5, 0.6) is 0 Å². The highest BCUT2D eigenvalue weighted by Crippen LogP contribution is 2.21. The van der Waals surface area contributed by atoms with Crippen LogP contribution in [-0.4, -0.2) is 55.4 Å². The number of amides is 1. The monoisotopic (exact) mass is 280 g/mol. The Hall–Kier alpha value is -0.950. The Balaban J connectivity index is 2.61. The molecule has 1 saturated heterocycles. The number of morpholine rings is 1. The molecule has 2 atom stereocenters. The second-order valence-electron chi connectivity index (χ2n) is 5.57. The van der Waals surface area contributed by atoms with E-state index in [1.54, 1.807) is 20.8 Å². The zero-order valence-corrected chi connectivity index (χ0v) is 11.6. The number of halogens is 2. The molecule has 0 radical (unpaired) electrons. The Labute approximate surface area is 112 Å². The topological polar surface area (TPSA) is 64.8 Å². The van der Waals surface area contributed by atoms with Gasteiger partial charge in [-0.1, -0.05) is 0 Å². The predicted molar refractivity (Wildman–Crippen MR) is 66.1 cm³/mol. The fourth-order valence-corrected chi connectivity index (χ4v) is 1.84. The molecule has 19 heavy (non-hydrogen) atoms. The average molecular weight is 280 g/mol. The maximum absolute atomic E-state index is 12.8. The number of ether oxygens (including phenoxy) is 2.